The molecular formula is C59H98O26. The van der Waals surface area contributed by atoms with Gasteiger partial charge in [0.1, 0.15) is 91.6 Å². The summed E-state index contributed by atoms with van der Waals surface area (Å²) in [6, 6.07) is 0. The fourth-order valence-electron chi connectivity index (χ4n) is 16.9. The molecule has 4 aliphatic carbocycles. The van der Waals surface area contributed by atoms with Gasteiger partial charge in [-0.25, -0.2) is 0 Å². The Morgan fingerprint density at radius 1 is 0.576 bits per heavy atom. The van der Waals surface area contributed by atoms with E-state index >= 15 is 0 Å². The zero-order valence-corrected chi connectivity index (χ0v) is 50.0. The summed E-state index contributed by atoms with van der Waals surface area (Å²) in [5.74, 6) is -0.0597. The number of allylic oxidation sites excluding steroid dienone is 1. The van der Waals surface area contributed by atoms with Crippen molar-refractivity contribution in [2.75, 3.05) is 33.5 Å². The average Bonchev–Trinajstić information content (AvgIpc) is 1.61. The summed E-state index contributed by atoms with van der Waals surface area (Å²) in [7, 11) is 1.71. The normalized spacial score (nSPS) is 54.8. The summed E-state index contributed by atoms with van der Waals surface area (Å²) >= 11 is 0. The zero-order valence-electron chi connectivity index (χ0n) is 50.0. The van der Waals surface area contributed by atoms with Crippen molar-refractivity contribution in [3.8, 4) is 0 Å². The third-order valence-corrected chi connectivity index (χ3v) is 22.3. The number of fused-ring (bicyclic) bond motifs is 7. The lowest BCUT2D eigenvalue weighted by Gasteiger charge is -2.58. The van der Waals surface area contributed by atoms with Gasteiger partial charge in [0.15, 0.2) is 37.2 Å². The summed E-state index contributed by atoms with van der Waals surface area (Å²) in [5, 5.41) is 151. The van der Waals surface area contributed by atoms with Gasteiger partial charge in [0.05, 0.1) is 63.1 Å². The quantitative estimate of drug-likeness (QED) is 0.0646. The van der Waals surface area contributed by atoms with Gasteiger partial charge >= 0.3 is 0 Å². The zero-order chi connectivity index (χ0) is 61.5. The summed E-state index contributed by atoms with van der Waals surface area (Å²) < 4.78 is 74.5. The molecule has 0 spiro atoms. The van der Waals surface area contributed by atoms with Crippen molar-refractivity contribution in [3.05, 3.63) is 11.6 Å². The van der Waals surface area contributed by atoms with Gasteiger partial charge in [0.25, 0.3) is 0 Å². The molecule has 0 aromatic carbocycles. The largest absolute Gasteiger partial charge is 0.394 e. The number of methoxy groups -OCH3 is 1. The maximum atomic E-state index is 12.0. The van der Waals surface area contributed by atoms with Gasteiger partial charge < -0.3 is 128 Å². The van der Waals surface area contributed by atoms with Crippen molar-refractivity contribution in [2.45, 2.75) is 272 Å². The van der Waals surface area contributed by atoms with Gasteiger partial charge in [-0.3, -0.25) is 0 Å². The minimum atomic E-state index is -1.89. The van der Waals surface area contributed by atoms with E-state index in [1.165, 1.54) is 19.4 Å². The van der Waals surface area contributed by atoms with Crippen LogP contribution in [0.25, 0.3) is 0 Å². The molecule has 85 heavy (non-hydrogen) atoms. The standard InChI is InChI=1S/C59H98O26/c1-23(22-75-52-46(71)44(69)41(66)35(20-61)80-52)11-16-59(74-8)25(3)37-33(85-59)18-32-30-10-9-28-17-29(12-14-57(28,6)31(30)13-15-58(32,37)7)78-56-51(84-53-47(72)43(68)39(64)26(4)76-53)50(42(67)36(21-62)81-56)83-55-48(73)49(40(65)27(5)77-55)82-54-45(70)38(63)24(2)34(19-60)79-54/h9,23-27,29-56,60-73H,10-22H2,1-8H3/t23-,24+,25?,26-,27-,29-,30?,31?,32?,33?,34+,35-,36+,37?,38-,39-,40-,41-,42+,43+,44+,45+,46-,47+,48+,49+,50-,51+,52-,53+,54-,55-,56+,57-,58-,59+/m0/s1. The highest BCUT2D eigenvalue weighted by Crippen LogP contribution is 2.70. The Labute approximate surface area is 496 Å². The predicted molar refractivity (Wildman–Crippen MR) is 289 cm³/mol. The second-order valence-corrected chi connectivity index (χ2v) is 27.2. The molecule has 10 aliphatic rings. The highest BCUT2D eigenvalue weighted by Gasteiger charge is 2.69. The number of aliphatic hydroxyl groups excluding tert-OH is 14. The summed E-state index contributed by atoms with van der Waals surface area (Å²) in [6.07, 6.45) is -27.1. The Balaban J connectivity index is 0.823. The van der Waals surface area contributed by atoms with Gasteiger partial charge in [-0.2, -0.15) is 0 Å². The first-order valence-electron chi connectivity index (χ1n) is 31.0. The molecule has 0 radical (unpaired) electrons. The number of hydrogen-bond donors (Lipinski definition) is 14. The molecule has 6 saturated heterocycles. The van der Waals surface area contributed by atoms with Crippen LogP contribution in [0.1, 0.15) is 106 Å². The lowest BCUT2D eigenvalue weighted by Crippen LogP contribution is -2.67. The van der Waals surface area contributed by atoms with Crippen molar-refractivity contribution in [1.29, 1.82) is 0 Å². The average molecular weight is 1220 g/mol. The van der Waals surface area contributed by atoms with Gasteiger partial charge in [-0.15, -0.1) is 0 Å². The number of hydrogen-bond acceptors (Lipinski definition) is 26. The van der Waals surface area contributed by atoms with Crippen LogP contribution in [0.3, 0.4) is 0 Å². The fraction of sp³-hybridized carbons (Fsp3) is 0.966. The molecule has 6 unspecified atom stereocenters. The minimum Gasteiger partial charge on any atom is -0.394 e. The van der Waals surface area contributed by atoms with E-state index in [1.54, 1.807) is 14.0 Å². The summed E-state index contributed by atoms with van der Waals surface area (Å²) in [6.45, 7) is 11.9. The Bertz CT molecular complexity index is 2230. The number of ether oxygens (including phenoxy) is 12. The van der Waals surface area contributed by atoms with Crippen LogP contribution in [-0.4, -0.2) is 270 Å². The summed E-state index contributed by atoms with van der Waals surface area (Å²) in [5.41, 5.74) is 1.05. The van der Waals surface area contributed by atoms with Crippen molar-refractivity contribution in [1.82, 2.24) is 0 Å². The molecule has 9 fully saturated rings. The molecular weight excluding hydrogens is 1120 g/mol. The topological polar surface area (TPSA) is 394 Å². The molecule has 0 bridgehead atoms. The van der Waals surface area contributed by atoms with Gasteiger partial charge in [0.2, 0.25) is 0 Å². The van der Waals surface area contributed by atoms with Crippen LogP contribution in [0.4, 0.5) is 0 Å². The Morgan fingerprint density at radius 2 is 1.15 bits per heavy atom. The molecule has 26 nitrogen and oxygen atoms in total. The van der Waals surface area contributed by atoms with E-state index < -0.39 is 185 Å². The maximum absolute atomic E-state index is 12.0. The first kappa shape index (κ1) is 66.6. The minimum absolute atomic E-state index is 0.00883. The van der Waals surface area contributed by atoms with Crippen LogP contribution < -0.4 is 0 Å². The number of aliphatic hydroxyl groups is 14. The van der Waals surface area contributed by atoms with E-state index in [4.69, 9.17) is 56.8 Å². The molecule has 10 rings (SSSR count). The molecule has 0 aromatic rings. The van der Waals surface area contributed by atoms with E-state index in [-0.39, 0.29) is 41.3 Å². The molecule has 490 valence electrons. The number of rotatable bonds is 18. The predicted octanol–water partition coefficient (Wildman–Crippen LogP) is -2.23. The van der Waals surface area contributed by atoms with E-state index in [0.29, 0.717) is 43.4 Å². The molecule has 3 saturated carbocycles. The van der Waals surface area contributed by atoms with Crippen molar-refractivity contribution >= 4 is 0 Å². The first-order valence-corrected chi connectivity index (χ1v) is 31.0. The fourth-order valence-corrected chi connectivity index (χ4v) is 16.9. The lowest BCUT2D eigenvalue weighted by molar-refractivity contribution is -0.399. The van der Waals surface area contributed by atoms with E-state index in [2.05, 4.69) is 26.8 Å². The monoisotopic (exact) mass is 1220 g/mol. The van der Waals surface area contributed by atoms with E-state index in [0.717, 1.165) is 32.1 Å². The van der Waals surface area contributed by atoms with Crippen LogP contribution in [-0.2, 0) is 56.8 Å². The van der Waals surface area contributed by atoms with Crippen LogP contribution in [0.15, 0.2) is 11.6 Å². The highest BCUT2D eigenvalue weighted by molar-refractivity contribution is 5.26. The molecule has 6 aliphatic heterocycles. The highest BCUT2D eigenvalue weighted by atomic mass is 16.8. The maximum Gasteiger partial charge on any atom is 0.187 e. The van der Waals surface area contributed by atoms with E-state index in [1.807, 2.05) is 6.92 Å². The summed E-state index contributed by atoms with van der Waals surface area (Å²) in [4.78, 5) is 0. The molecule has 0 aromatic heterocycles. The SMILES string of the molecule is CO[C@]1(CC[C@H](C)CO[C@H]2O[C@@H](CO)[C@H](O)[C@@H](O)[C@@H]2O)OC2CC3C4CC=C5C[C@@H](O[C@@H]6O[C@H](CO)[C@@H](O)[C@H](O[C@@H]7O[C@@H](C)[C@H](O)[C@@H](O[C@@H]8O[C@H](CO)[C@@H](C)[C@H](O)[C@H]8O)[C@H]7O)[C@H]6O[C@H]6O[C@@H](C)[C@H](O)[C@@H](O)[C@H]6O)CC[C@]5(C)C4CC[C@]3(C)C2C1C. The third kappa shape index (κ3) is 12.1. The second-order valence-electron chi connectivity index (χ2n) is 27.2. The third-order valence-electron chi connectivity index (χ3n) is 22.3. The van der Waals surface area contributed by atoms with Crippen LogP contribution >= 0.6 is 0 Å². The Hall–Kier alpha value is -1.30. The van der Waals surface area contributed by atoms with Crippen LogP contribution in [0.2, 0.25) is 0 Å². The molecule has 6 heterocycles. The molecule has 0 amide bonds. The Kier molecular flexibility index (Phi) is 20.7. The molecule has 36 atom stereocenters. The first-order chi connectivity index (χ1) is 40.2. The van der Waals surface area contributed by atoms with Crippen molar-refractivity contribution in [3.63, 3.8) is 0 Å². The van der Waals surface area contributed by atoms with E-state index in [9.17, 15) is 71.5 Å². The molecule has 14 N–H and O–H groups in total. The van der Waals surface area contributed by atoms with Crippen LogP contribution in [0, 0.1) is 52.3 Å². The van der Waals surface area contributed by atoms with Crippen molar-refractivity contribution < 1.29 is 128 Å². The Morgan fingerprint density at radius 3 is 1.84 bits per heavy atom. The molecule has 26 heteroatoms. The van der Waals surface area contributed by atoms with Crippen LogP contribution in [0.5, 0.6) is 0 Å². The van der Waals surface area contributed by atoms with Crippen molar-refractivity contribution in [2.24, 2.45) is 52.3 Å². The lowest BCUT2D eigenvalue weighted by atomic mass is 9.47. The smallest absolute Gasteiger partial charge is 0.187 e. The van der Waals surface area contributed by atoms with Gasteiger partial charge in [-0.05, 0) is 106 Å². The van der Waals surface area contributed by atoms with Gasteiger partial charge in [0, 0.05) is 25.4 Å². The van der Waals surface area contributed by atoms with Gasteiger partial charge in [-0.1, -0.05) is 46.3 Å². The second kappa shape index (κ2) is 26.4.